The second kappa shape index (κ2) is 15.1. The van der Waals surface area contributed by atoms with Crippen molar-refractivity contribution in [1.82, 2.24) is 5.32 Å². The summed E-state index contributed by atoms with van der Waals surface area (Å²) in [6, 6.07) is 6.72. The fourth-order valence-electron chi connectivity index (χ4n) is 9.38. The Bertz CT molecular complexity index is 1750. The molecule has 11 atom stereocenters. The molecule has 1 aromatic carbocycles. The average molecular weight is 788 g/mol. The third-order valence-corrected chi connectivity index (χ3v) is 12.2. The van der Waals surface area contributed by atoms with Crippen LogP contribution in [-0.2, 0) is 38.1 Å². The van der Waals surface area contributed by atoms with Gasteiger partial charge in [0.1, 0.15) is 35.6 Å². The smallest absolute Gasteiger partial charge is 0.407 e. The summed E-state index contributed by atoms with van der Waals surface area (Å²) in [7, 11) is 0. The molecule has 310 valence electrons. The summed E-state index contributed by atoms with van der Waals surface area (Å²) in [5.41, 5.74) is -8.30. The number of rotatable bonds is 9. The van der Waals surface area contributed by atoms with Crippen LogP contribution in [0.25, 0.3) is 0 Å². The van der Waals surface area contributed by atoms with Crippen molar-refractivity contribution in [1.29, 1.82) is 0 Å². The predicted octanol–water partition coefficient (Wildman–Crippen LogP) is 2.93. The molecule has 5 rings (SSSR count). The zero-order valence-electron chi connectivity index (χ0n) is 33.8. The van der Waals surface area contributed by atoms with Gasteiger partial charge in [0, 0.05) is 25.2 Å². The van der Waals surface area contributed by atoms with Crippen molar-refractivity contribution in [3.05, 3.63) is 47.0 Å². The van der Waals surface area contributed by atoms with Gasteiger partial charge in [0.15, 0.2) is 17.5 Å². The average Bonchev–Trinajstić information content (AvgIpc) is 3.08. The van der Waals surface area contributed by atoms with Crippen molar-refractivity contribution in [3.8, 4) is 0 Å². The summed E-state index contributed by atoms with van der Waals surface area (Å²) in [5, 5.41) is 51.2. The summed E-state index contributed by atoms with van der Waals surface area (Å²) >= 11 is 0. The number of ketones is 1. The van der Waals surface area contributed by atoms with Crippen molar-refractivity contribution >= 4 is 29.8 Å². The monoisotopic (exact) mass is 787 g/mol. The van der Waals surface area contributed by atoms with Crippen molar-refractivity contribution in [2.75, 3.05) is 6.61 Å². The van der Waals surface area contributed by atoms with Crippen LogP contribution in [0, 0.1) is 22.7 Å². The lowest BCUT2D eigenvalue weighted by atomic mass is 9.44. The molecule has 0 spiro atoms. The van der Waals surface area contributed by atoms with E-state index in [2.05, 4.69) is 5.32 Å². The van der Waals surface area contributed by atoms with Gasteiger partial charge < -0.3 is 49.4 Å². The third-order valence-electron chi connectivity index (χ3n) is 12.2. The van der Waals surface area contributed by atoms with E-state index in [1.807, 2.05) is 13.8 Å². The second-order valence-corrected chi connectivity index (χ2v) is 17.9. The number of esters is 3. The van der Waals surface area contributed by atoms with Crippen LogP contribution in [0.2, 0.25) is 0 Å². The maximum Gasteiger partial charge on any atom is 0.407 e. The summed E-state index contributed by atoms with van der Waals surface area (Å²) in [6.45, 7) is 15.5. The fraction of sp³-hybridized carbons (Fsp3) is 0.683. The Morgan fingerprint density at radius 3 is 2.20 bits per heavy atom. The Kier molecular flexibility index (Phi) is 11.7. The fourth-order valence-corrected chi connectivity index (χ4v) is 9.38. The predicted molar refractivity (Wildman–Crippen MR) is 198 cm³/mol. The molecular weight excluding hydrogens is 730 g/mol. The Morgan fingerprint density at radius 1 is 1.04 bits per heavy atom. The van der Waals surface area contributed by atoms with E-state index in [9.17, 15) is 44.4 Å². The number of hydrogen-bond acceptors (Lipinski definition) is 14. The minimum atomic E-state index is -2.33. The van der Waals surface area contributed by atoms with Crippen LogP contribution in [0.1, 0.15) is 98.9 Å². The zero-order valence-corrected chi connectivity index (χ0v) is 33.8. The van der Waals surface area contributed by atoms with E-state index in [-0.39, 0.29) is 42.1 Å². The first-order valence-electron chi connectivity index (χ1n) is 19.1. The molecule has 5 N–H and O–H groups in total. The number of Topliss-reactive ketones (excluding diaryl/α,β-unsaturated/α-hetero) is 1. The number of carbonyl (C=O) groups excluding carboxylic acids is 5. The van der Waals surface area contributed by atoms with Gasteiger partial charge in [0.2, 0.25) is 0 Å². The molecule has 0 radical (unpaired) electrons. The molecule has 1 aromatic rings. The molecule has 1 heterocycles. The largest absolute Gasteiger partial charge is 0.456 e. The van der Waals surface area contributed by atoms with Gasteiger partial charge in [-0.2, -0.15) is 0 Å². The van der Waals surface area contributed by atoms with E-state index >= 15 is 0 Å². The number of hydrogen-bond donors (Lipinski definition) is 5. The number of benzene rings is 1. The molecule has 1 amide bonds. The van der Waals surface area contributed by atoms with Gasteiger partial charge in [-0.1, -0.05) is 45.9 Å². The molecule has 1 aliphatic heterocycles. The first kappa shape index (κ1) is 43.2. The number of carbonyl (C=O) groups is 5. The van der Waals surface area contributed by atoms with Crippen molar-refractivity contribution in [2.24, 2.45) is 22.7 Å². The lowest BCUT2D eigenvalue weighted by Crippen LogP contribution is -2.81. The van der Waals surface area contributed by atoms with Crippen LogP contribution < -0.4 is 5.32 Å². The molecule has 3 aliphatic carbocycles. The molecule has 56 heavy (non-hydrogen) atoms. The highest BCUT2D eigenvalue weighted by atomic mass is 16.6. The van der Waals surface area contributed by atoms with Gasteiger partial charge >= 0.3 is 24.0 Å². The van der Waals surface area contributed by atoms with Crippen LogP contribution in [0.3, 0.4) is 0 Å². The molecule has 15 nitrogen and oxygen atoms in total. The normalized spacial score (nSPS) is 34.7. The number of aliphatic hydroxyl groups excluding tert-OH is 3. The molecule has 15 heteroatoms. The maximum atomic E-state index is 14.9. The number of alkyl carbamates (subject to hydrolysis) is 1. The second-order valence-electron chi connectivity index (χ2n) is 17.9. The summed E-state index contributed by atoms with van der Waals surface area (Å²) in [6.07, 6.45) is -11.0. The quantitative estimate of drug-likeness (QED) is 0.138. The topological polar surface area (TPSA) is 224 Å². The van der Waals surface area contributed by atoms with Crippen molar-refractivity contribution < 1.29 is 68.1 Å². The highest BCUT2D eigenvalue weighted by molar-refractivity contribution is 5.94. The SMILES string of the molecule is CC(=O)O[C@@]12CO[C@@H]1C[C@H](O)[C@@]1(C)C(=O)[C@H](O)C3=C(C)[C@@H](OC(=O)[C@H](O)[C@H](CC(C)C)NC(=O)OC(C)(C)C)C[C@@](O)([C@@H](OC(=O)c4ccccc4)C12)C3(C)C. The number of amides is 1. The summed E-state index contributed by atoms with van der Waals surface area (Å²) in [5.74, 6) is -5.36. The minimum absolute atomic E-state index is 0.0460. The molecule has 2 bridgehead atoms. The standard InChI is InChI=1S/C41H57NO14/c1-20(2)16-24(42-36(50)56-37(5,6)7)29(45)35(49)53-25-18-41(51)33(54-34(48)23-14-12-11-13-15-23)31-39(10,32(47)30(46)28(21(25)3)38(41,8)9)26(44)17-27-40(31,19-52-27)55-22(4)43/h11-15,20,24-27,29-31,33,44-46,51H,16-19H2,1-10H3,(H,42,50)/t24-,25-,26-,27+,29+,30+,31?,33-,39+,40-,41+/m0/s1. The van der Waals surface area contributed by atoms with E-state index in [4.69, 9.17) is 23.7 Å². The molecular formula is C41H57NO14. The lowest BCUT2D eigenvalue weighted by molar-refractivity contribution is -0.346. The number of aliphatic hydroxyl groups is 4. The third kappa shape index (κ3) is 7.36. The Morgan fingerprint density at radius 2 is 1.66 bits per heavy atom. The van der Waals surface area contributed by atoms with Gasteiger partial charge in [0.25, 0.3) is 0 Å². The van der Waals surface area contributed by atoms with Gasteiger partial charge in [-0.3, -0.25) is 9.59 Å². The van der Waals surface area contributed by atoms with Crippen molar-refractivity contribution in [3.63, 3.8) is 0 Å². The van der Waals surface area contributed by atoms with Crippen LogP contribution >= 0.6 is 0 Å². The first-order chi connectivity index (χ1) is 25.8. The lowest BCUT2D eigenvalue weighted by Gasteiger charge is -2.67. The van der Waals surface area contributed by atoms with Crippen molar-refractivity contribution in [2.45, 2.75) is 148 Å². The maximum absolute atomic E-state index is 14.9. The number of nitrogens with one attached hydrogen (secondary N) is 1. The summed E-state index contributed by atoms with van der Waals surface area (Å²) in [4.78, 5) is 68.4. The van der Waals surface area contributed by atoms with Crippen LogP contribution in [0.4, 0.5) is 4.79 Å². The van der Waals surface area contributed by atoms with Gasteiger partial charge in [-0.25, -0.2) is 14.4 Å². The molecule has 0 aromatic heterocycles. The highest BCUT2D eigenvalue weighted by Crippen LogP contribution is 2.64. The van der Waals surface area contributed by atoms with E-state index in [1.165, 1.54) is 26.0 Å². The van der Waals surface area contributed by atoms with E-state index < -0.39 is 112 Å². The molecule has 1 saturated heterocycles. The van der Waals surface area contributed by atoms with Crippen LogP contribution in [0.5, 0.6) is 0 Å². The molecule has 2 saturated carbocycles. The Labute approximate surface area is 327 Å². The van der Waals surface area contributed by atoms with Crippen LogP contribution in [-0.4, -0.2) is 116 Å². The molecule has 1 unspecified atom stereocenters. The highest BCUT2D eigenvalue weighted by Gasteiger charge is 2.78. The van der Waals surface area contributed by atoms with E-state index in [0.29, 0.717) is 0 Å². The zero-order chi connectivity index (χ0) is 41.9. The van der Waals surface area contributed by atoms with Gasteiger partial charge in [-0.15, -0.1) is 0 Å². The van der Waals surface area contributed by atoms with E-state index in [1.54, 1.807) is 52.8 Å². The minimum Gasteiger partial charge on any atom is -0.456 e. The van der Waals surface area contributed by atoms with Gasteiger partial charge in [0.05, 0.1) is 35.6 Å². The first-order valence-corrected chi connectivity index (χ1v) is 19.1. The Balaban J connectivity index is 1.66. The van der Waals surface area contributed by atoms with Crippen LogP contribution in [0.15, 0.2) is 41.5 Å². The summed E-state index contributed by atoms with van der Waals surface area (Å²) < 4.78 is 29.4. The number of fused-ring (bicyclic) bond motifs is 5. The molecule has 4 aliphatic rings. The Hall–Kier alpha value is -3.89. The molecule has 3 fully saturated rings. The van der Waals surface area contributed by atoms with Gasteiger partial charge in [-0.05, 0) is 70.2 Å². The number of ether oxygens (including phenoxy) is 5. The van der Waals surface area contributed by atoms with E-state index in [0.717, 1.165) is 6.92 Å².